The van der Waals surface area contributed by atoms with Gasteiger partial charge < -0.3 is 14.6 Å². The first-order valence-corrected chi connectivity index (χ1v) is 7.07. The third-order valence-electron chi connectivity index (χ3n) is 3.52. The van der Waals surface area contributed by atoms with Crippen LogP contribution in [0.5, 0.6) is 0 Å². The van der Waals surface area contributed by atoms with Gasteiger partial charge in [-0.2, -0.15) is 0 Å². The molecular formula is C16H24N2O. The molecule has 0 aliphatic carbocycles. The predicted octanol–water partition coefficient (Wildman–Crippen LogP) is 2.97. The Labute approximate surface area is 115 Å². The van der Waals surface area contributed by atoms with Crippen molar-refractivity contribution in [3.63, 3.8) is 0 Å². The average molecular weight is 260 g/mol. The van der Waals surface area contributed by atoms with Crippen molar-refractivity contribution in [2.75, 3.05) is 26.8 Å². The number of fused-ring (bicyclic) bond motifs is 1. The molecule has 1 N–H and O–H groups in total. The molecule has 1 aromatic carbocycles. The van der Waals surface area contributed by atoms with E-state index >= 15 is 0 Å². The van der Waals surface area contributed by atoms with Crippen LogP contribution in [0.4, 0.5) is 0 Å². The van der Waals surface area contributed by atoms with Crippen LogP contribution in [0.15, 0.2) is 30.5 Å². The summed E-state index contributed by atoms with van der Waals surface area (Å²) in [5.41, 5.74) is 2.71. The number of ether oxygens (including phenoxy) is 1. The molecule has 0 spiro atoms. The lowest BCUT2D eigenvalue weighted by atomic mass is 10.1. The van der Waals surface area contributed by atoms with Crippen LogP contribution in [0.25, 0.3) is 10.9 Å². The second kappa shape index (κ2) is 7.31. The van der Waals surface area contributed by atoms with Gasteiger partial charge in [0.15, 0.2) is 0 Å². The van der Waals surface area contributed by atoms with Gasteiger partial charge in [-0.1, -0.05) is 12.1 Å². The van der Waals surface area contributed by atoms with Gasteiger partial charge in [0.2, 0.25) is 0 Å². The van der Waals surface area contributed by atoms with Crippen LogP contribution in [0.3, 0.4) is 0 Å². The van der Waals surface area contributed by atoms with Crippen LogP contribution in [0.2, 0.25) is 0 Å². The number of nitrogens with zero attached hydrogens (tertiary/aromatic N) is 1. The minimum atomic E-state index is 0.793. The molecule has 0 aliphatic rings. The summed E-state index contributed by atoms with van der Waals surface area (Å²) in [6.45, 7) is 6.08. The van der Waals surface area contributed by atoms with Gasteiger partial charge in [0.25, 0.3) is 0 Å². The second-order valence-corrected chi connectivity index (χ2v) is 4.97. The van der Waals surface area contributed by atoms with Crippen molar-refractivity contribution in [3.8, 4) is 0 Å². The third-order valence-corrected chi connectivity index (χ3v) is 3.52. The molecule has 0 saturated heterocycles. The molecule has 0 unspecified atom stereocenters. The predicted molar refractivity (Wildman–Crippen MR) is 80.7 cm³/mol. The highest BCUT2D eigenvalue weighted by atomic mass is 16.5. The van der Waals surface area contributed by atoms with E-state index in [4.69, 9.17) is 4.74 Å². The molecule has 0 radical (unpaired) electrons. The number of aryl methyl sites for hydroxylation is 2. The molecule has 3 heteroatoms. The Morgan fingerprint density at radius 3 is 2.89 bits per heavy atom. The number of hydrogen-bond acceptors (Lipinski definition) is 2. The van der Waals surface area contributed by atoms with Crippen molar-refractivity contribution in [2.24, 2.45) is 0 Å². The average Bonchev–Trinajstić information content (AvgIpc) is 2.83. The van der Waals surface area contributed by atoms with Crippen molar-refractivity contribution in [2.45, 2.75) is 26.3 Å². The molecular weight excluding hydrogens is 236 g/mol. The molecule has 104 valence electrons. The van der Waals surface area contributed by atoms with Gasteiger partial charge in [-0.25, -0.2) is 0 Å². The van der Waals surface area contributed by atoms with Crippen LogP contribution in [0, 0.1) is 6.92 Å². The zero-order valence-corrected chi connectivity index (χ0v) is 12.0. The lowest BCUT2D eigenvalue weighted by Crippen LogP contribution is -2.20. The number of benzene rings is 1. The number of methoxy groups -OCH3 is 1. The van der Waals surface area contributed by atoms with E-state index in [-0.39, 0.29) is 0 Å². The topological polar surface area (TPSA) is 26.2 Å². The Morgan fingerprint density at radius 2 is 2.05 bits per heavy atom. The molecule has 0 saturated carbocycles. The van der Waals surface area contributed by atoms with Gasteiger partial charge in [0.05, 0.1) is 6.61 Å². The van der Waals surface area contributed by atoms with E-state index in [1.54, 1.807) is 7.11 Å². The van der Waals surface area contributed by atoms with Crippen LogP contribution >= 0.6 is 0 Å². The standard InChI is InChI=1S/C16H24N2O/c1-14-6-5-7-16-15(14)8-12-18(16)11-4-3-9-17-10-13-19-2/h5-8,12,17H,3-4,9-11,13H2,1-2H3. The first kappa shape index (κ1) is 14.1. The van der Waals surface area contributed by atoms with Crippen molar-refractivity contribution < 1.29 is 4.74 Å². The molecule has 3 nitrogen and oxygen atoms in total. The van der Waals surface area contributed by atoms with Crippen molar-refractivity contribution in [1.29, 1.82) is 0 Å². The maximum absolute atomic E-state index is 5.00. The number of hydrogen-bond donors (Lipinski definition) is 1. The molecule has 1 aromatic heterocycles. The van der Waals surface area contributed by atoms with Crippen molar-refractivity contribution >= 4 is 10.9 Å². The lowest BCUT2D eigenvalue weighted by Gasteiger charge is -2.07. The fourth-order valence-electron chi connectivity index (χ4n) is 2.40. The van der Waals surface area contributed by atoms with Gasteiger partial charge in [-0.05, 0) is 44.0 Å². The first-order chi connectivity index (χ1) is 9.33. The van der Waals surface area contributed by atoms with Gasteiger partial charge in [-0.15, -0.1) is 0 Å². The lowest BCUT2D eigenvalue weighted by molar-refractivity contribution is 0.199. The van der Waals surface area contributed by atoms with E-state index in [1.165, 1.54) is 29.3 Å². The number of unbranched alkanes of at least 4 members (excludes halogenated alkanes) is 1. The summed E-state index contributed by atoms with van der Waals surface area (Å²) in [5.74, 6) is 0. The molecule has 0 fully saturated rings. The highest BCUT2D eigenvalue weighted by Crippen LogP contribution is 2.19. The fraction of sp³-hybridized carbons (Fsp3) is 0.500. The highest BCUT2D eigenvalue weighted by molar-refractivity contribution is 5.83. The van der Waals surface area contributed by atoms with Crippen molar-refractivity contribution in [3.05, 3.63) is 36.0 Å². The van der Waals surface area contributed by atoms with E-state index in [9.17, 15) is 0 Å². The highest BCUT2D eigenvalue weighted by Gasteiger charge is 2.02. The summed E-state index contributed by atoms with van der Waals surface area (Å²) in [6.07, 6.45) is 4.61. The quantitative estimate of drug-likeness (QED) is 0.739. The molecule has 1 heterocycles. The molecule has 2 rings (SSSR count). The summed E-state index contributed by atoms with van der Waals surface area (Å²) in [7, 11) is 1.74. The van der Waals surface area contributed by atoms with E-state index in [0.29, 0.717) is 0 Å². The number of aromatic nitrogens is 1. The summed E-state index contributed by atoms with van der Waals surface area (Å²) >= 11 is 0. The van der Waals surface area contributed by atoms with Crippen molar-refractivity contribution in [1.82, 2.24) is 9.88 Å². The largest absolute Gasteiger partial charge is 0.383 e. The SMILES string of the molecule is COCCNCCCCn1ccc2c(C)cccc21. The van der Waals surface area contributed by atoms with E-state index in [1.807, 2.05) is 0 Å². The minimum absolute atomic E-state index is 0.793. The summed E-state index contributed by atoms with van der Waals surface area (Å²) in [5, 5.41) is 4.75. The van der Waals surface area contributed by atoms with Crippen LogP contribution in [-0.2, 0) is 11.3 Å². The smallest absolute Gasteiger partial charge is 0.0587 e. The van der Waals surface area contributed by atoms with Crippen LogP contribution in [-0.4, -0.2) is 31.4 Å². The van der Waals surface area contributed by atoms with Crippen LogP contribution < -0.4 is 5.32 Å². The minimum Gasteiger partial charge on any atom is -0.383 e. The fourth-order valence-corrected chi connectivity index (χ4v) is 2.40. The Bertz CT molecular complexity index is 504. The molecule has 0 aliphatic heterocycles. The summed E-state index contributed by atoms with van der Waals surface area (Å²) in [6, 6.07) is 8.74. The molecule has 2 aromatic rings. The Balaban J connectivity index is 1.77. The normalized spacial score (nSPS) is 11.3. The molecule has 0 amide bonds. The summed E-state index contributed by atoms with van der Waals surface area (Å²) in [4.78, 5) is 0. The molecule has 19 heavy (non-hydrogen) atoms. The third kappa shape index (κ3) is 3.82. The van der Waals surface area contributed by atoms with E-state index < -0.39 is 0 Å². The first-order valence-electron chi connectivity index (χ1n) is 7.07. The second-order valence-electron chi connectivity index (χ2n) is 4.97. The van der Waals surface area contributed by atoms with Gasteiger partial charge in [0, 0.05) is 37.3 Å². The Hall–Kier alpha value is -1.32. The maximum atomic E-state index is 5.00. The number of nitrogens with one attached hydrogen (secondary N) is 1. The molecule has 0 bridgehead atoms. The van der Waals surface area contributed by atoms with E-state index in [2.05, 4.69) is 47.3 Å². The maximum Gasteiger partial charge on any atom is 0.0587 e. The Morgan fingerprint density at radius 1 is 1.16 bits per heavy atom. The van der Waals surface area contributed by atoms with Crippen LogP contribution in [0.1, 0.15) is 18.4 Å². The van der Waals surface area contributed by atoms with Gasteiger partial charge in [-0.3, -0.25) is 0 Å². The molecule has 0 atom stereocenters. The zero-order valence-electron chi connectivity index (χ0n) is 12.0. The zero-order chi connectivity index (χ0) is 13.5. The number of rotatable bonds is 8. The monoisotopic (exact) mass is 260 g/mol. The van der Waals surface area contributed by atoms with Gasteiger partial charge in [0.1, 0.15) is 0 Å². The Kier molecular flexibility index (Phi) is 5.43. The summed E-state index contributed by atoms with van der Waals surface area (Å²) < 4.78 is 7.36. The van der Waals surface area contributed by atoms with E-state index in [0.717, 1.165) is 26.2 Å². The van der Waals surface area contributed by atoms with Gasteiger partial charge >= 0.3 is 0 Å².